The molecule has 0 saturated carbocycles. The van der Waals surface area contributed by atoms with E-state index in [-0.39, 0.29) is 24.5 Å². The van der Waals surface area contributed by atoms with Crippen molar-refractivity contribution < 1.29 is 38.6 Å². The van der Waals surface area contributed by atoms with Crippen LogP contribution in [0, 0.1) is 10.1 Å². The number of nitrogens with one attached hydrogen (secondary N) is 3. The van der Waals surface area contributed by atoms with Crippen LogP contribution in [0.2, 0.25) is 0 Å². The highest BCUT2D eigenvalue weighted by Gasteiger charge is 2.32. The van der Waals surface area contributed by atoms with Crippen molar-refractivity contribution in [1.29, 1.82) is 0 Å². The zero-order valence-electron chi connectivity index (χ0n) is 26.7. The molecular formula is C34H37N5O9. The molecular weight excluding hydrogens is 622 g/mol. The summed E-state index contributed by atoms with van der Waals surface area (Å²) in [5.41, 5.74) is 6.23. The standard InChI is InChI=1S/C34H37N5O9/c1-5-7-24-16-23(10-14-27(24)47-19-22-8-12-26(13-9-22)39(43)44)18-35-38-30(40)20-48-28-15-11-25(17-29(28)46-6-2)32-31(33(41)45-4)21(3)36-34(42)37-32/h5,8-18,30,32,38,40H,1,6-7,19-20H2,2-4H3,(H2,36,37,42)/b35-18-/t30-,32+/m1/s1. The number of hydrazone groups is 1. The maximum Gasteiger partial charge on any atom is 0.337 e. The highest BCUT2D eigenvalue weighted by molar-refractivity contribution is 5.95. The second kappa shape index (κ2) is 16.6. The van der Waals surface area contributed by atoms with Gasteiger partial charge in [-0.2, -0.15) is 5.10 Å². The third-order valence-corrected chi connectivity index (χ3v) is 7.10. The first-order valence-electron chi connectivity index (χ1n) is 15.0. The fraction of sp³-hybridized carbons (Fsp3) is 0.265. The van der Waals surface area contributed by atoms with Gasteiger partial charge in [0.15, 0.2) is 17.7 Å². The molecule has 14 heteroatoms. The normalized spacial score (nSPS) is 14.8. The van der Waals surface area contributed by atoms with Gasteiger partial charge in [0.1, 0.15) is 19.0 Å². The summed E-state index contributed by atoms with van der Waals surface area (Å²) < 4.78 is 22.4. The van der Waals surface area contributed by atoms with Gasteiger partial charge < -0.3 is 34.7 Å². The molecule has 4 N–H and O–H groups in total. The number of esters is 1. The zero-order valence-corrected chi connectivity index (χ0v) is 26.7. The molecule has 2 atom stereocenters. The summed E-state index contributed by atoms with van der Waals surface area (Å²) in [5, 5.41) is 30.8. The number of non-ortho nitro benzene ring substituents is 1. The molecule has 3 aromatic carbocycles. The van der Waals surface area contributed by atoms with E-state index in [4.69, 9.17) is 18.9 Å². The Bertz CT molecular complexity index is 1710. The molecule has 1 aliphatic heterocycles. The first kappa shape index (κ1) is 35.0. The van der Waals surface area contributed by atoms with Gasteiger partial charge in [-0.25, -0.2) is 9.59 Å². The molecule has 48 heavy (non-hydrogen) atoms. The second-order valence-corrected chi connectivity index (χ2v) is 10.5. The predicted octanol–water partition coefficient (Wildman–Crippen LogP) is 4.42. The lowest BCUT2D eigenvalue weighted by Crippen LogP contribution is -2.45. The second-order valence-electron chi connectivity index (χ2n) is 10.5. The average Bonchev–Trinajstić information content (AvgIpc) is 3.07. The number of nitro groups is 1. The number of urea groups is 1. The highest BCUT2D eigenvalue weighted by Crippen LogP contribution is 2.35. The van der Waals surface area contributed by atoms with Gasteiger partial charge >= 0.3 is 12.0 Å². The number of methoxy groups -OCH3 is 1. The van der Waals surface area contributed by atoms with Gasteiger partial charge in [0.25, 0.3) is 5.69 Å². The van der Waals surface area contributed by atoms with Gasteiger partial charge in [-0.15, -0.1) is 6.58 Å². The van der Waals surface area contributed by atoms with Crippen molar-refractivity contribution in [2.75, 3.05) is 20.3 Å². The topological polar surface area (TPSA) is 183 Å². The van der Waals surface area contributed by atoms with Crippen LogP contribution >= 0.6 is 0 Å². The molecule has 0 unspecified atom stereocenters. The number of hydrogen-bond acceptors (Lipinski definition) is 11. The molecule has 2 amide bonds. The van der Waals surface area contributed by atoms with E-state index in [1.54, 1.807) is 62.4 Å². The van der Waals surface area contributed by atoms with E-state index in [9.17, 15) is 24.8 Å². The smallest absolute Gasteiger partial charge is 0.337 e. The van der Waals surface area contributed by atoms with Crippen LogP contribution in [-0.4, -0.2) is 54.8 Å². The molecule has 0 fully saturated rings. The fourth-order valence-electron chi connectivity index (χ4n) is 4.83. The fourth-order valence-corrected chi connectivity index (χ4v) is 4.83. The number of aliphatic hydroxyl groups excluding tert-OH is 1. The number of ether oxygens (including phenoxy) is 4. The maximum atomic E-state index is 12.5. The Balaban J connectivity index is 1.37. The third kappa shape index (κ3) is 9.10. The number of allylic oxidation sites excluding steroid dienone is 2. The molecule has 1 aliphatic rings. The van der Waals surface area contributed by atoms with Crippen LogP contribution in [0.5, 0.6) is 17.2 Å². The Labute approximate surface area is 277 Å². The van der Waals surface area contributed by atoms with Gasteiger partial charge in [-0.05, 0) is 85.0 Å². The van der Waals surface area contributed by atoms with Gasteiger partial charge in [-0.3, -0.25) is 15.5 Å². The molecule has 252 valence electrons. The quantitative estimate of drug-likeness (QED) is 0.0429. The first-order valence-corrected chi connectivity index (χ1v) is 15.0. The highest BCUT2D eigenvalue weighted by atomic mass is 16.6. The Hall–Kier alpha value is -5.89. The van der Waals surface area contributed by atoms with Gasteiger partial charge in [0.05, 0.1) is 36.5 Å². The van der Waals surface area contributed by atoms with Gasteiger partial charge in [0.2, 0.25) is 0 Å². The molecule has 0 bridgehead atoms. The minimum absolute atomic E-state index is 0.0130. The van der Waals surface area contributed by atoms with Crippen LogP contribution in [0.3, 0.4) is 0 Å². The lowest BCUT2D eigenvalue weighted by atomic mass is 9.95. The molecule has 0 saturated heterocycles. The molecule has 1 heterocycles. The lowest BCUT2D eigenvalue weighted by molar-refractivity contribution is -0.384. The van der Waals surface area contributed by atoms with Gasteiger partial charge in [-0.1, -0.05) is 12.1 Å². The monoisotopic (exact) mass is 659 g/mol. The summed E-state index contributed by atoms with van der Waals surface area (Å²) in [5.74, 6) is 0.743. The van der Waals surface area contributed by atoms with Crippen molar-refractivity contribution in [3.8, 4) is 17.2 Å². The number of hydrogen-bond donors (Lipinski definition) is 4. The van der Waals surface area contributed by atoms with E-state index in [0.717, 1.165) is 16.7 Å². The number of nitrogens with zero attached hydrogens (tertiary/aromatic N) is 2. The van der Waals surface area contributed by atoms with Gasteiger partial charge in [0, 0.05) is 17.8 Å². The van der Waals surface area contributed by atoms with E-state index >= 15 is 0 Å². The van der Waals surface area contributed by atoms with Crippen LogP contribution in [0.25, 0.3) is 0 Å². The molecule has 0 radical (unpaired) electrons. The summed E-state index contributed by atoms with van der Waals surface area (Å²) in [4.78, 5) is 35.1. The summed E-state index contributed by atoms with van der Waals surface area (Å²) in [6, 6.07) is 15.4. The van der Waals surface area contributed by atoms with Crippen LogP contribution in [-0.2, 0) is 22.6 Å². The number of nitro benzene ring substituents is 1. The van der Waals surface area contributed by atoms with Crippen molar-refractivity contribution in [3.05, 3.63) is 117 Å². The van der Waals surface area contributed by atoms with Crippen molar-refractivity contribution in [3.63, 3.8) is 0 Å². The van der Waals surface area contributed by atoms with Crippen molar-refractivity contribution >= 4 is 23.9 Å². The Morgan fingerprint density at radius 3 is 2.54 bits per heavy atom. The van der Waals surface area contributed by atoms with Crippen LogP contribution < -0.4 is 30.3 Å². The zero-order chi connectivity index (χ0) is 34.6. The molecule has 0 aliphatic carbocycles. The Morgan fingerprint density at radius 1 is 1.10 bits per heavy atom. The van der Waals surface area contributed by atoms with Crippen molar-refractivity contribution in [2.45, 2.75) is 39.1 Å². The number of benzene rings is 3. The summed E-state index contributed by atoms with van der Waals surface area (Å²) in [7, 11) is 1.27. The van der Waals surface area contributed by atoms with Crippen molar-refractivity contribution in [1.82, 2.24) is 16.1 Å². The van der Waals surface area contributed by atoms with E-state index in [2.05, 4.69) is 27.7 Å². The number of aliphatic hydroxyl groups is 1. The maximum absolute atomic E-state index is 12.5. The SMILES string of the molecule is C=CCc1cc(/C=N\N[C@H](O)COc2ccc([C@@H]3NC(=O)NC(C)=C3C(=O)OC)cc2OCC)ccc1OCc1ccc([N+](=O)[O-])cc1. The molecule has 3 aromatic rings. The Morgan fingerprint density at radius 2 is 1.85 bits per heavy atom. The predicted molar refractivity (Wildman–Crippen MR) is 177 cm³/mol. The van der Waals surface area contributed by atoms with E-state index < -0.39 is 29.2 Å². The van der Waals surface area contributed by atoms with E-state index in [0.29, 0.717) is 41.5 Å². The molecule has 0 spiro atoms. The summed E-state index contributed by atoms with van der Waals surface area (Å²) in [6.45, 7) is 7.60. The van der Waals surface area contributed by atoms with Crippen LogP contribution in [0.15, 0.2) is 89.7 Å². The largest absolute Gasteiger partial charge is 0.490 e. The third-order valence-electron chi connectivity index (χ3n) is 7.10. The lowest BCUT2D eigenvalue weighted by Gasteiger charge is -2.28. The summed E-state index contributed by atoms with van der Waals surface area (Å²) >= 11 is 0. The van der Waals surface area contributed by atoms with E-state index in [1.807, 2.05) is 6.07 Å². The molecule has 14 nitrogen and oxygen atoms in total. The number of carbonyl (C=O) groups excluding carboxylic acids is 2. The minimum Gasteiger partial charge on any atom is -0.490 e. The molecule has 0 aromatic heterocycles. The molecule has 4 rings (SSSR count). The number of rotatable bonds is 16. The van der Waals surface area contributed by atoms with Crippen molar-refractivity contribution in [2.24, 2.45) is 5.10 Å². The summed E-state index contributed by atoms with van der Waals surface area (Å²) in [6.07, 6.45) is 2.65. The number of carbonyl (C=O) groups is 2. The average molecular weight is 660 g/mol. The van der Waals surface area contributed by atoms with Crippen LogP contribution in [0.4, 0.5) is 10.5 Å². The Kier molecular flexibility index (Phi) is 12.1. The number of amides is 2. The first-order chi connectivity index (χ1) is 23.1. The minimum atomic E-state index is -1.17. The van der Waals surface area contributed by atoms with E-state index in [1.165, 1.54) is 25.5 Å². The van der Waals surface area contributed by atoms with Crippen LogP contribution in [0.1, 0.15) is 42.1 Å².